The standard InChI is InChI=1S/C17H30NO3/c1-17(2,3)15-10-14(20-7)8-9-16(15)21-12-13(19)11-18(4,5)6/h8-10,13,19H,11-12H2,1-7H3/q+1/t13-/m0/s1. The van der Waals surface area contributed by atoms with Gasteiger partial charge in [0.25, 0.3) is 0 Å². The molecule has 0 aliphatic rings. The summed E-state index contributed by atoms with van der Waals surface area (Å²) in [4.78, 5) is 0. The van der Waals surface area contributed by atoms with Gasteiger partial charge in [-0.1, -0.05) is 20.8 Å². The largest absolute Gasteiger partial charge is 0.497 e. The molecule has 1 N–H and O–H groups in total. The molecule has 4 heteroatoms. The second-order valence-electron chi connectivity index (χ2n) is 7.55. The van der Waals surface area contributed by atoms with E-state index in [-0.39, 0.29) is 5.41 Å². The van der Waals surface area contributed by atoms with Crippen LogP contribution in [0.1, 0.15) is 26.3 Å². The molecule has 1 aromatic carbocycles. The van der Waals surface area contributed by atoms with Crippen LogP contribution in [0.25, 0.3) is 0 Å². The topological polar surface area (TPSA) is 38.7 Å². The van der Waals surface area contributed by atoms with Crippen LogP contribution in [0.4, 0.5) is 0 Å². The van der Waals surface area contributed by atoms with E-state index in [1.165, 1.54) is 0 Å². The number of nitrogens with zero attached hydrogens (tertiary/aromatic N) is 1. The van der Waals surface area contributed by atoms with Crippen molar-refractivity contribution in [3.05, 3.63) is 23.8 Å². The van der Waals surface area contributed by atoms with Gasteiger partial charge in [0.05, 0.1) is 28.3 Å². The van der Waals surface area contributed by atoms with Gasteiger partial charge in [-0.25, -0.2) is 0 Å². The van der Waals surface area contributed by atoms with Gasteiger partial charge in [-0.05, 0) is 23.6 Å². The third kappa shape index (κ3) is 5.94. The van der Waals surface area contributed by atoms with Gasteiger partial charge >= 0.3 is 0 Å². The molecule has 1 rings (SSSR count). The summed E-state index contributed by atoms with van der Waals surface area (Å²) in [7, 11) is 7.82. The highest BCUT2D eigenvalue weighted by Crippen LogP contribution is 2.34. The van der Waals surface area contributed by atoms with E-state index >= 15 is 0 Å². The van der Waals surface area contributed by atoms with Crippen molar-refractivity contribution in [2.45, 2.75) is 32.3 Å². The minimum Gasteiger partial charge on any atom is -0.497 e. The Kier molecular flexibility index (Phi) is 5.65. The molecule has 0 unspecified atom stereocenters. The zero-order chi connectivity index (χ0) is 16.3. The van der Waals surface area contributed by atoms with Crippen LogP contribution >= 0.6 is 0 Å². The van der Waals surface area contributed by atoms with Crippen molar-refractivity contribution in [3.63, 3.8) is 0 Å². The second-order valence-corrected chi connectivity index (χ2v) is 7.55. The third-order valence-electron chi connectivity index (χ3n) is 3.18. The number of likely N-dealkylation sites (N-methyl/N-ethyl adjacent to an activating group) is 1. The summed E-state index contributed by atoms with van der Waals surface area (Å²) in [5.74, 6) is 1.63. The molecule has 21 heavy (non-hydrogen) atoms. The molecule has 0 spiro atoms. The Bertz CT molecular complexity index is 458. The minimum absolute atomic E-state index is 0.0467. The van der Waals surface area contributed by atoms with Crippen molar-refractivity contribution < 1.29 is 19.1 Å². The van der Waals surface area contributed by atoms with Gasteiger partial charge < -0.3 is 19.1 Å². The van der Waals surface area contributed by atoms with Crippen molar-refractivity contribution in [1.29, 1.82) is 0 Å². The number of ether oxygens (including phenoxy) is 2. The van der Waals surface area contributed by atoms with Gasteiger partial charge in [-0.2, -0.15) is 0 Å². The lowest BCUT2D eigenvalue weighted by atomic mass is 9.86. The smallest absolute Gasteiger partial charge is 0.137 e. The van der Waals surface area contributed by atoms with Crippen molar-refractivity contribution in [3.8, 4) is 11.5 Å². The molecule has 4 nitrogen and oxygen atoms in total. The summed E-state index contributed by atoms with van der Waals surface area (Å²) in [5, 5.41) is 10.1. The predicted octanol–water partition coefficient (Wildman–Crippen LogP) is 2.44. The highest BCUT2D eigenvalue weighted by atomic mass is 16.5. The van der Waals surface area contributed by atoms with Crippen molar-refractivity contribution in [2.24, 2.45) is 0 Å². The lowest BCUT2D eigenvalue weighted by Crippen LogP contribution is -2.43. The summed E-state index contributed by atoms with van der Waals surface area (Å²) < 4.78 is 11.9. The Morgan fingerprint density at radius 1 is 1.19 bits per heavy atom. The molecule has 0 aliphatic carbocycles. The van der Waals surface area contributed by atoms with Crippen LogP contribution in [0.2, 0.25) is 0 Å². The van der Waals surface area contributed by atoms with Gasteiger partial charge in [0.1, 0.15) is 30.8 Å². The molecule has 0 saturated carbocycles. The third-order valence-corrected chi connectivity index (χ3v) is 3.18. The number of rotatable bonds is 6. The number of aliphatic hydroxyl groups is 1. The normalized spacial score (nSPS) is 13.9. The zero-order valence-electron chi connectivity index (χ0n) is 14.4. The van der Waals surface area contributed by atoms with E-state index in [9.17, 15) is 5.11 Å². The van der Waals surface area contributed by atoms with Gasteiger partial charge in [0.15, 0.2) is 0 Å². The predicted molar refractivity (Wildman–Crippen MR) is 86.1 cm³/mol. The maximum Gasteiger partial charge on any atom is 0.137 e. The second kappa shape index (κ2) is 6.67. The molecule has 0 aliphatic heterocycles. The molecular weight excluding hydrogens is 266 g/mol. The Morgan fingerprint density at radius 2 is 1.81 bits per heavy atom. The first-order valence-corrected chi connectivity index (χ1v) is 7.33. The summed E-state index contributed by atoms with van der Waals surface area (Å²) in [6.45, 7) is 7.36. The number of quaternary nitrogens is 1. The molecule has 0 aromatic heterocycles. The number of hydrogen-bond acceptors (Lipinski definition) is 3. The van der Waals surface area contributed by atoms with Crippen LogP contribution in [-0.4, -0.2) is 57.1 Å². The molecule has 0 saturated heterocycles. The van der Waals surface area contributed by atoms with Crippen molar-refractivity contribution >= 4 is 0 Å². The fourth-order valence-electron chi connectivity index (χ4n) is 2.22. The molecule has 1 aromatic rings. The average molecular weight is 296 g/mol. The summed E-state index contributed by atoms with van der Waals surface area (Å²) in [6.07, 6.45) is -0.486. The summed E-state index contributed by atoms with van der Waals surface area (Å²) in [6, 6.07) is 5.80. The van der Waals surface area contributed by atoms with Crippen LogP contribution < -0.4 is 9.47 Å². The summed E-state index contributed by atoms with van der Waals surface area (Å²) >= 11 is 0. The van der Waals surface area contributed by atoms with Crippen LogP contribution in [0, 0.1) is 0 Å². The zero-order valence-corrected chi connectivity index (χ0v) is 14.4. The number of aliphatic hydroxyl groups excluding tert-OH is 1. The molecule has 0 bridgehead atoms. The van der Waals surface area contributed by atoms with E-state index < -0.39 is 6.10 Å². The Balaban J connectivity index is 2.84. The molecular formula is C17H30NO3+. The van der Waals surface area contributed by atoms with E-state index in [1.54, 1.807) is 7.11 Å². The molecule has 0 heterocycles. The van der Waals surface area contributed by atoms with Gasteiger partial charge in [-0.15, -0.1) is 0 Å². The maximum atomic E-state index is 10.1. The first-order valence-electron chi connectivity index (χ1n) is 7.33. The van der Waals surface area contributed by atoms with Crippen molar-refractivity contribution in [2.75, 3.05) is 41.4 Å². The Hall–Kier alpha value is -1.26. The highest BCUT2D eigenvalue weighted by molar-refractivity contribution is 5.44. The van der Waals surface area contributed by atoms with E-state index in [1.807, 2.05) is 18.2 Å². The SMILES string of the molecule is COc1ccc(OC[C@@H](O)C[N+](C)(C)C)c(C(C)(C)C)c1. The average Bonchev–Trinajstić information content (AvgIpc) is 2.33. The lowest BCUT2D eigenvalue weighted by Gasteiger charge is -2.28. The van der Waals surface area contributed by atoms with E-state index in [0.717, 1.165) is 17.1 Å². The first-order chi connectivity index (χ1) is 9.53. The molecule has 1 atom stereocenters. The number of benzene rings is 1. The first kappa shape index (κ1) is 17.8. The van der Waals surface area contributed by atoms with Crippen molar-refractivity contribution in [1.82, 2.24) is 0 Å². The minimum atomic E-state index is -0.486. The van der Waals surface area contributed by atoms with Gasteiger partial charge in [0.2, 0.25) is 0 Å². The van der Waals surface area contributed by atoms with Gasteiger partial charge in [-0.3, -0.25) is 0 Å². The summed E-state index contributed by atoms with van der Waals surface area (Å²) in [5.41, 5.74) is 1.04. The Morgan fingerprint density at radius 3 is 2.29 bits per heavy atom. The molecule has 0 fully saturated rings. The number of methoxy groups -OCH3 is 1. The van der Waals surface area contributed by atoms with E-state index in [0.29, 0.717) is 17.6 Å². The Labute approximate surface area is 128 Å². The quantitative estimate of drug-likeness (QED) is 0.820. The van der Waals surface area contributed by atoms with Gasteiger partial charge in [0, 0.05) is 5.56 Å². The molecule has 0 amide bonds. The van der Waals surface area contributed by atoms with E-state index in [2.05, 4.69) is 41.9 Å². The van der Waals surface area contributed by atoms with Crippen LogP contribution in [-0.2, 0) is 5.41 Å². The van der Waals surface area contributed by atoms with Crippen LogP contribution in [0.5, 0.6) is 11.5 Å². The van der Waals surface area contributed by atoms with Crippen LogP contribution in [0.3, 0.4) is 0 Å². The number of hydrogen-bond donors (Lipinski definition) is 1. The molecule has 0 radical (unpaired) electrons. The molecule has 120 valence electrons. The maximum absolute atomic E-state index is 10.1. The fourth-order valence-corrected chi connectivity index (χ4v) is 2.22. The fraction of sp³-hybridized carbons (Fsp3) is 0.647. The lowest BCUT2D eigenvalue weighted by molar-refractivity contribution is -0.873. The monoisotopic (exact) mass is 296 g/mol. The highest BCUT2D eigenvalue weighted by Gasteiger charge is 2.22. The van der Waals surface area contributed by atoms with Crippen LogP contribution in [0.15, 0.2) is 18.2 Å². The van der Waals surface area contributed by atoms with E-state index in [4.69, 9.17) is 9.47 Å².